The summed E-state index contributed by atoms with van der Waals surface area (Å²) in [5.74, 6) is -0.604. The Balaban J connectivity index is 2.12. The topological polar surface area (TPSA) is 57.5 Å². The van der Waals surface area contributed by atoms with Gasteiger partial charge in [0.1, 0.15) is 0 Å². The molecular weight excluding hydrogens is 132 g/mol. The highest BCUT2D eigenvalue weighted by molar-refractivity contribution is 5.72. The summed E-state index contributed by atoms with van der Waals surface area (Å²) in [4.78, 5) is 10.5. The molecule has 3 heteroatoms. The van der Waals surface area contributed by atoms with Crippen molar-refractivity contribution in [3.63, 3.8) is 0 Å². The van der Waals surface area contributed by atoms with E-state index in [4.69, 9.17) is 5.11 Å². The maximum absolute atomic E-state index is 10.5. The third-order valence-electron chi connectivity index (χ3n) is 2.87. The summed E-state index contributed by atoms with van der Waals surface area (Å²) in [6, 6.07) is 0. The molecule has 2 bridgehead atoms. The fourth-order valence-electron chi connectivity index (χ4n) is 2.31. The predicted molar refractivity (Wildman–Crippen MR) is 33.3 cm³/mol. The largest absolute Gasteiger partial charge is 0.481 e. The summed E-state index contributed by atoms with van der Waals surface area (Å²) in [5, 5.41) is 17.8. The van der Waals surface area contributed by atoms with Gasteiger partial charge in [-0.3, -0.25) is 4.79 Å². The van der Waals surface area contributed by atoms with Crippen molar-refractivity contribution in [1.29, 1.82) is 0 Å². The monoisotopic (exact) mass is 142 g/mol. The zero-order valence-corrected chi connectivity index (χ0v) is 5.53. The lowest BCUT2D eigenvalue weighted by Gasteiger charge is -2.31. The molecule has 3 aliphatic carbocycles. The van der Waals surface area contributed by atoms with E-state index in [0.717, 1.165) is 6.42 Å². The normalized spacial score (nSPS) is 50.5. The quantitative estimate of drug-likeness (QED) is 0.545. The van der Waals surface area contributed by atoms with Crippen LogP contribution < -0.4 is 0 Å². The van der Waals surface area contributed by atoms with E-state index >= 15 is 0 Å². The summed E-state index contributed by atoms with van der Waals surface area (Å²) < 4.78 is 0. The van der Waals surface area contributed by atoms with Gasteiger partial charge in [0.2, 0.25) is 0 Å². The van der Waals surface area contributed by atoms with Crippen molar-refractivity contribution in [2.45, 2.75) is 18.9 Å². The van der Waals surface area contributed by atoms with Gasteiger partial charge in [-0.25, -0.2) is 0 Å². The molecule has 0 radical (unpaired) electrons. The van der Waals surface area contributed by atoms with Crippen LogP contribution in [0.4, 0.5) is 0 Å². The van der Waals surface area contributed by atoms with Gasteiger partial charge in [-0.2, -0.15) is 0 Å². The highest BCUT2D eigenvalue weighted by Crippen LogP contribution is 2.53. The lowest BCUT2D eigenvalue weighted by atomic mass is 9.72. The smallest absolute Gasteiger partial charge is 0.307 e. The van der Waals surface area contributed by atoms with Crippen molar-refractivity contribution < 1.29 is 15.0 Å². The summed E-state index contributed by atoms with van der Waals surface area (Å²) in [5.41, 5.74) is 0. The number of hydrogen-bond acceptors (Lipinski definition) is 2. The highest BCUT2D eigenvalue weighted by atomic mass is 16.4. The van der Waals surface area contributed by atoms with Crippen LogP contribution in [0, 0.1) is 17.8 Å². The van der Waals surface area contributed by atoms with Gasteiger partial charge in [-0.05, 0) is 24.7 Å². The maximum Gasteiger partial charge on any atom is 0.307 e. The Labute approximate surface area is 58.7 Å². The fourth-order valence-corrected chi connectivity index (χ4v) is 2.31. The third kappa shape index (κ3) is 0.560. The number of aliphatic hydroxyl groups excluding tert-OH is 1. The molecule has 4 atom stereocenters. The first-order valence-electron chi connectivity index (χ1n) is 3.61. The van der Waals surface area contributed by atoms with Gasteiger partial charge in [0, 0.05) is 0 Å². The molecule has 56 valence electrons. The molecule has 3 fully saturated rings. The van der Waals surface area contributed by atoms with Crippen LogP contribution in [0.2, 0.25) is 0 Å². The molecule has 0 aliphatic heterocycles. The second-order valence-corrected chi connectivity index (χ2v) is 3.33. The second kappa shape index (κ2) is 1.72. The molecule has 10 heavy (non-hydrogen) atoms. The van der Waals surface area contributed by atoms with E-state index in [9.17, 15) is 9.90 Å². The molecule has 3 rings (SSSR count). The van der Waals surface area contributed by atoms with Gasteiger partial charge in [0.25, 0.3) is 0 Å². The minimum absolute atomic E-state index is 0.0718. The average Bonchev–Trinajstić information content (AvgIpc) is 2.18. The van der Waals surface area contributed by atoms with Crippen LogP contribution >= 0.6 is 0 Å². The average molecular weight is 142 g/mol. The number of carbonyl (C=O) groups is 1. The minimum Gasteiger partial charge on any atom is -0.481 e. The van der Waals surface area contributed by atoms with Crippen molar-refractivity contribution in [3.05, 3.63) is 0 Å². The summed E-state index contributed by atoms with van der Waals surface area (Å²) in [6.45, 7) is 0. The third-order valence-corrected chi connectivity index (χ3v) is 2.87. The Hall–Kier alpha value is -0.570. The van der Waals surface area contributed by atoms with Gasteiger partial charge >= 0.3 is 5.97 Å². The molecule has 0 aromatic carbocycles. The second-order valence-electron chi connectivity index (χ2n) is 3.33. The van der Waals surface area contributed by atoms with Crippen LogP contribution in [-0.4, -0.2) is 22.3 Å². The van der Waals surface area contributed by atoms with Gasteiger partial charge in [0.15, 0.2) is 0 Å². The molecule has 3 aliphatic rings. The summed E-state index contributed by atoms with van der Waals surface area (Å²) >= 11 is 0. The minimum atomic E-state index is -0.724. The van der Waals surface area contributed by atoms with Crippen LogP contribution in [0.1, 0.15) is 12.8 Å². The molecule has 0 aromatic heterocycles. The molecule has 0 spiro atoms. The van der Waals surface area contributed by atoms with E-state index in [0.29, 0.717) is 6.42 Å². The van der Waals surface area contributed by atoms with E-state index in [-0.39, 0.29) is 23.9 Å². The molecular formula is C7H10O3. The van der Waals surface area contributed by atoms with Gasteiger partial charge in [-0.15, -0.1) is 0 Å². The lowest BCUT2D eigenvalue weighted by Crippen LogP contribution is -2.37. The van der Waals surface area contributed by atoms with Crippen LogP contribution in [-0.2, 0) is 4.79 Å². The number of aliphatic carboxylic acids is 1. The Morgan fingerprint density at radius 1 is 1.40 bits per heavy atom. The number of aliphatic hydroxyl groups is 1. The van der Waals surface area contributed by atoms with Gasteiger partial charge < -0.3 is 10.2 Å². The fraction of sp³-hybridized carbons (Fsp3) is 0.857. The molecule has 0 unspecified atom stereocenters. The Bertz CT molecular complexity index is 178. The molecule has 3 nitrogen and oxygen atoms in total. The zero-order chi connectivity index (χ0) is 7.30. The van der Waals surface area contributed by atoms with E-state index in [2.05, 4.69) is 0 Å². The molecule has 2 N–H and O–H groups in total. The first kappa shape index (κ1) is 6.16. The van der Waals surface area contributed by atoms with E-state index in [1.807, 2.05) is 0 Å². The first-order valence-corrected chi connectivity index (χ1v) is 3.61. The Morgan fingerprint density at radius 2 is 2.10 bits per heavy atom. The molecule has 0 heterocycles. The Kier molecular flexibility index (Phi) is 1.06. The van der Waals surface area contributed by atoms with Crippen LogP contribution in [0.25, 0.3) is 0 Å². The molecule has 0 amide bonds. The van der Waals surface area contributed by atoms with Gasteiger partial charge in [0.05, 0.1) is 12.0 Å². The number of carboxylic acids is 1. The van der Waals surface area contributed by atoms with E-state index < -0.39 is 5.97 Å². The predicted octanol–water partition coefficient (Wildman–Crippen LogP) is 0.0879. The molecule has 3 saturated carbocycles. The van der Waals surface area contributed by atoms with Crippen molar-refractivity contribution >= 4 is 5.97 Å². The van der Waals surface area contributed by atoms with Crippen LogP contribution in [0.3, 0.4) is 0 Å². The van der Waals surface area contributed by atoms with Crippen molar-refractivity contribution in [1.82, 2.24) is 0 Å². The van der Waals surface area contributed by atoms with Crippen molar-refractivity contribution in [3.8, 4) is 0 Å². The number of fused-ring (bicyclic) bond motifs is 1. The summed E-state index contributed by atoms with van der Waals surface area (Å²) in [6.07, 6.45) is 1.31. The van der Waals surface area contributed by atoms with Crippen LogP contribution in [0.5, 0.6) is 0 Å². The number of rotatable bonds is 1. The first-order chi connectivity index (χ1) is 4.70. The molecule has 0 saturated heterocycles. The standard InChI is InChI=1S/C7H10O3/c8-5-2-3-1-4(5)6(3)7(9)10/h3-6,8H,1-2H2,(H,9,10)/t3-,4+,5+,6+/m0/s1. The SMILES string of the molecule is O=C(O)[C@@H]1[C@H]2C[C@@H]1[C@H](O)C2. The Morgan fingerprint density at radius 3 is 2.30 bits per heavy atom. The number of hydrogen-bond donors (Lipinski definition) is 2. The zero-order valence-electron chi connectivity index (χ0n) is 5.53. The van der Waals surface area contributed by atoms with E-state index in [1.54, 1.807) is 0 Å². The van der Waals surface area contributed by atoms with Crippen LogP contribution in [0.15, 0.2) is 0 Å². The molecule has 0 aromatic rings. The van der Waals surface area contributed by atoms with Crippen molar-refractivity contribution in [2.24, 2.45) is 17.8 Å². The van der Waals surface area contributed by atoms with Gasteiger partial charge in [-0.1, -0.05) is 0 Å². The summed E-state index contributed by atoms with van der Waals surface area (Å²) in [7, 11) is 0. The number of carboxylic acid groups (broad SMARTS) is 1. The maximum atomic E-state index is 10.5. The van der Waals surface area contributed by atoms with Crippen molar-refractivity contribution in [2.75, 3.05) is 0 Å². The van der Waals surface area contributed by atoms with E-state index in [1.165, 1.54) is 0 Å². The lowest BCUT2D eigenvalue weighted by molar-refractivity contribution is -0.149. The highest BCUT2D eigenvalue weighted by Gasteiger charge is 2.55.